The summed E-state index contributed by atoms with van der Waals surface area (Å²) in [5.74, 6) is 0. The van der Waals surface area contributed by atoms with Crippen LogP contribution in [-0.2, 0) is 4.74 Å². The van der Waals surface area contributed by atoms with Crippen LogP contribution >= 0.6 is 0 Å². The van der Waals surface area contributed by atoms with Gasteiger partial charge >= 0.3 is 0 Å². The van der Waals surface area contributed by atoms with Crippen molar-refractivity contribution in [2.75, 3.05) is 39.5 Å². The predicted molar refractivity (Wildman–Crippen MR) is 61.7 cm³/mol. The van der Waals surface area contributed by atoms with Crippen LogP contribution < -0.4 is 0 Å². The predicted octanol–water partition coefficient (Wildman–Crippen LogP) is 1.75. The molecule has 0 aromatic carbocycles. The van der Waals surface area contributed by atoms with E-state index in [-0.39, 0.29) is 6.61 Å². The number of aliphatic hydroxyl groups excluding tert-OH is 1. The Morgan fingerprint density at radius 2 is 1.57 bits per heavy atom. The van der Waals surface area contributed by atoms with Crippen LogP contribution in [0, 0.1) is 0 Å². The molecule has 1 rings (SSSR count). The van der Waals surface area contributed by atoms with Crippen molar-refractivity contribution in [3.8, 4) is 0 Å². The minimum Gasteiger partial charge on any atom is -0.395 e. The van der Waals surface area contributed by atoms with Gasteiger partial charge in [0.1, 0.15) is 0 Å². The second kappa shape index (κ2) is 15.4. The number of aliphatic hydroxyl groups is 1. The molecule has 1 heterocycles. The van der Waals surface area contributed by atoms with Crippen molar-refractivity contribution in [2.24, 2.45) is 0 Å². The van der Waals surface area contributed by atoms with Crippen LogP contribution in [0.4, 0.5) is 0 Å². The Balaban J connectivity index is 0. The maximum absolute atomic E-state index is 8.54. The molecular weight excluding hydrogens is 178 g/mol. The molecule has 0 spiro atoms. The van der Waals surface area contributed by atoms with Gasteiger partial charge in [-0.3, -0.25) is 4.90 Å². The van der Waals surface area contributed by atoms with Crippen molar-refractivity contribution in [3.05, 3.63) is 0 Å². The highest BCUT2D eigenvalue weighted by atomic mass is 16.5. The maximum Gasteiger partial charge on any atom is 0.0594 e. The summed E-state index contributed by atoms with van der Waals surface area (Å²) in [4.78, 5) is 2.20. The van der Waals surface area contributed by atoms with Gasteiger partial charge in [-0.25, -0.2) is 0 Å². The Bertz CT molecular complexity index is 80.6. The average molecular weight is 205 g/mol. The Morgan fingerprint density at radius 3 is 1.93 bits per heavy atom. The van der Waals surface area contributed by atoms with Crippen LogP contribution in [-0.4, -0.2) is 49.5 Å². The zero-order valence-electron chi connectivity index (χ0n) is 10.3. The van der Waals surface area contributed by atoms with Crippen molar-refractivity contribution in [3.63, 3.8) is 0 Å². The van der Waals surface area contributed by atoms with Gasteiger partial charge in [-0.15, -0.1) is 0 Å². The van der Waals surface area contributed by atoms with Gasteiger partial charge in [0.15, 0.2) is 0 Å². The van der Waals surface area contributed by atoms with Gasteiger partial charge in [0.25, 0.3) is 0 Å². The van der Waals surface area contributed by atoms with Crippen LogP contribution in [0.3, 0.4) is 0 Å². The van der Waals surface area contributed by atoms with Crippen molar-refractivity contribution >= 4 is 0 Å². The Kier molecular flexibility index (Phi) is 17.9. The Hall–Kier alpha value is -0.120. The molecule has 0 bridgehead atoms. The third-order valence-corrected chi connectivity index (χ3v) is 1.52. The third kappa shape index (κ3) is 11.9. The second-order valence-electron chi connectivity index (χ2n) is 2.88. The van der Waals surface area contributed by atoms with Crippen LogP contribution in [0.5, 0.6) is 0 Å². The summed E-state index contributed by atoms with van der Waals surface area (Å²) in [7, 11) is 0. The Morgan fingerprint density at radius 1 is 1.14 bits per heavy atom. The van der Waals surface area contributed by atoms with Gasteiger partial charge in [-0.05, 0) is 0 Å². The van der Waals surface area contributed by atoms with Gasteiger partial charge in [-0.1, -0.05) is 34.1 Å². The fraction of sp³-hybridized carbons (Fsp3) is 1.00. The molecule has 1 N–H and O–H groups in total. The van der Waals surface area contributed by atoms with E-state index in [9.17, 15) is 0 Å². The number of nitrogens with zero attached hydrogens (tertiary/aromatic N) is 1. The molecular formula is C11H27NO2. The lowest BCUT2D eigenvalue weighted by Crippen LogP contribution is -2.37. The summed E-state index contributed by atoms with van der Waals surface area (Å²) >= 11 is 0. The zero-order chi connectivity index (χ0) is 11.2. The SMILES string of the molecule is CC.CCC.OCCN1CCOCC1. The summed E-state index contributed by atoms with van der Waals surface area (Å²) < 4.78 is 5.12. The fourth-order valence-corrected chi connectivity index (χ4v) is 0.966. The van der Waals surface area contributed by atoms with Gasteiger partial charge in [0.2, 0.25) is 0 Å². The van der Waals surface area contributed by atoms with Gasteiger partial charge < -0.3 is 9.84 Å². The molecule has 1 saturated heterocycles. The highest BCUT2D eigenvalue weighted by Gasteiger charge is 2.07. The first-order valence-electron chi connectivity index (χ1n) is 5.76. The van der Waals surface area contributed by atoms with Crippen LogP contribution in [0.2, 0.25) is 0 Å². The standard InChI is InChI=1S/C6H13NO2.C3H8.C2H6/c8-4-1-7-2-5-9-6-3-7;1-3-2;1-2/h8H,1-6H2;3H2,1-2H3;1-2H3. The average Bonchev–Trinajstić information content (AvgIpc) is 2.24. The molecule has 1 fully saturated rings. The Labute approximate surface area is 89.1 Å². The number of hydrogen-bond acceptors (Lipinski definition) is 3. The lowest BCUT2D eigenvalue weighted by molar-refractivity contribution is 0.0306. The number of β-amino-alcohol motifs (C(OH)–C–C–N with tert-alkyl or cyclic N) is 1. The fourth-order valence-electron chi connectivity index (χ4n) is 0.966. The number of morpholine rings is 1. The lowest BCUT2D eigenvalue weighted by atomic mass is 10.4. The van der Waals surface area contributed by atoms with Crippen LogP contribution in [0.15, 0.2) is 0 Å². The molecule has 0 aromatic heterocycles. The topological polar surface area (TPSA) is 32.7 Å². The molecule has 0 amide bonds. The van der Waals surface area contributed by atoms with Gasteiger partial charge in [-0.2, -0.15) is 0 Å². The molecule has 1 aliphatic heterocycles. The van der Waals surface area contributed by atoms with E-state index in [1.807, 2.05) is 13.8 Å². The van der Waals surface area contributed by atoms with E-state index in [0.29, 0.717) is 0 Å². The highest BCUT2D eigenvalue weighted by molar-refractivity contribution is 4.59. The molecule has 3 nitrogen and oxygen atoms in total. The van der Waals surface area contributed by atoms with E-state index >= 15 is 0 Å². The number of ether oxygens (including phenoxy) is 1. The molecule has 0 atom stereocenters. The van der Waals surface area contributed by atoms with Crippen molar-refractivity contribution < 1.29 is 9.84 Å². The van der Waals surface area contributed by atoms with Gasteiger partial charge in [0.05, 0.1) is 19.8 Å². The van der Waals surface area contributed by atoms with E-state index in [2.05, 4.69) is 18.7 Å². The van der Waals surface area contributed by atoms with Crippen molar-refractivity contribution in [1.82, 2.24) is 4.90 Å². The van der Waals surface area contributed by atoms with Crippen LogP contribution in [0.1, 0.15) is 34.1 Å². The minimum atomic E-state index is 0.264. The molecule has 0 unspecified atom stereocenters. The first-order chi connectivity index (χ1) is 6.85. The first kappa shape index (κ1) is 16.3. The second-order valence-corrected chi connectivity index (χ2v) is 2.88. The molecule has 0 aliphatic carbocycles. The zero-order valence-corrected chi connectivity index (χ0v) is 10.3. The molecule has 3 heteroatoms. The molecule has 0 radical (unpaired) electrons. The normalized spacial score (nSPS) is 16.1. The summed E-state index contributed by atoms with van der Waals surface area (Å²) in [6, 6.07) is 0. The molecule has 0 saturated carbocycles. The van der Waals surface area contributed by atoms with E-state index in [0.717, 1.165) is 32.8 Å². The monoisotopic (exact) mass is 205 g/mol. The summed E-state index contributed by atoms with van der Waals surface area (Å²) in [5, 5.41) is 8.54. The highest BCUT2D eigenvalue weighted by Crippen LogP contribution is 1.94. The van der Waals surface area contributed by atoms with Gasteiger partial charge in [0, 0.05) is 19.6 Å². The van der Waals surface area contributed by atoms with E-state index in [1.165, 1.54) is 6.42 Å². The maximum atomic E-state index is 8.54. The summed E-state index contributed by atoms with van der Waals surface area (Å²) in [6.07, 6.45) is 1.25. The molecule has 88 valence electrons. The van der Waals surface area contributed by atoms with E-state index in [4.69, 9.17) is 9.84 Å². The summed E-state index contributed by atoms with van der Waals surface area (Å²) in [5.41, 5.74) is 0. The third-order valence-electron chi connectivity index (χ3n) is 1.52. The van der Waals surface area contributed by atoms with E-state index < -0.39 is 0 Å². The minimum absolute atomic E-state index is 0.264. The number of rotatable bonds is 2. The smallest absolute Gasteiger partial charge is 0.0594 e. The lowest BCUT2D eigenvalue weighted by Gasteiger charge is -2.25. The largest absolute Gasteiger partial charge is 0.395 e. The van der Waals surface area contributed by atoms with Crippen molar-refractivity contribution in [1.29, 1.82) is 0 Å². The molecule has 1 aliphatic rings. The quantitative estimate of drug-likeness (QED) is 0.745. The first-order valence-corrected chi connectivity index (χ1v) is 5.76. The molecule has 0 aromatic rings. The summed E-state index contributed by atoms with van der Waals surface area (Å²) in [6.45, 7) is 12.9. The molecule has 14 heavy (non-hydrogen) atoms. The van der Waals surface area contributed by atoms with E-state index in [1.54, 1.807) is 0 Å². The van der Waals surface area contributed by atoms with Crippen molar-refractivity contribution in [2.45, 2.75) is 34.1 Å². The van der Waals surface area contributed by atoms with Crippen LogP contribution in [0.25, 0.3) is 0 Å². The number of hydrogen-bond donors (Lipinski definition) is 1.